The van der Waals surface area contributed by atoms with E-state index in [0.717, 1.165) is 29.8 Å². The molecular formula is C13H23ClN2O2S2. The van der Waals surface area contributed by atoms with Crippen LogP contribution >= 0.6 is 23.7 Å². The number of thiophene rings is 1. The van der Waals surface area contributed by atoms with E-state index in [4.69, 9.17) is 0 Å². The van der Waals surface area contributed by atoms with Crippen LogP contribution in [0.15, 0.2) is 10.3 Å². The third-order valence-corrected chi connectivity index (χ3v) is 7.18. The standard InChI is InChI=1S/C13H22N2O2S2.ClH/c1-10-7-11(2)18-13(10)19(16,17)15-6-4-5-12(9-15)8-14-3;/h7,12,14H,4-6,8-9H2,1-3H3;1H. The van der Waals surface area contributed by atoms with Gasteiger partial charge in [0.15, 0.2) is 0 Å². The predicted octanol–water partition coefficient (Wildman–Crippen LogP) is 2.41. The molecule has 1 aliphatic heterocycles. The Hall–Kier alpha value is -0.140. The molecule has 2 rings (SSSR count). The first-order valence-corrected chi connectivity index (χ1v) is 8.92. The van der Waals surface area contributed by atoms with Crippen molar-refractivity contribution in [3.05, 3.63) is 16.5 Å². The number of halogens is 1. The molecule has 0 bridgehead atoms. The van der Waals surface area contributed by atoms with Crippen molar-refractivity contribution in [3.8, 4) is 0 Å². The molecule has 20 heavy (non-hydrogen) atoms. The average molecular weight is 339 g/mol. The van der Waals surface area contributed by atoms with Gasteiger partial charge in [-0.3, -0.25) is 0 Å². The van der Waals surface area contributed by atoms with Crippen LogP contribution in [0.25, 0.3) is 0 Å². The van der Waals surface area contributed by atoms with Crippen LogP contribution in [0.4, 0.5) is 0 Å². The van der Waals surface area contributed by atoms with Gasteiger partial charge >= 0.3 is 0 Å². The molecule has 1 unspecified atom stereocenters. The molecule has 7 heteroatoms. The van der Waals surface area contributed by atoms with Crippen LogP contribution in [0.3, 0.4) is 0 Å². The fraction of sp³-hybridized carbons (Fsp3) is 0.692. The molecule has 1 saturated heterocycles. The van der Waals surface area contributed by atoms with Crippen molar-refractivity contribution in [2.75, 3.05) is 26.7 Å². The van der Waals surface area contributed by atoms with Crippen LogP contribution in [0.2, 0.25) is 0 Å². The van der Waals surface area contributed by atoms with E-state index in [9.17, 15) is 8.42 Å². The zero-order valence-electron chi connectivity index (χ0n) is 12.2. The lowest BCUT2D eigenvalue weighted by atomic mass is 10.00. The van der Waals surface area contributed by atoms with Gasteiger partial charge in [0.2, 0.25) is 0 Å². The Kier molecular flexibility index (Phi) is 6.47. The Balaban J connectivity index is 0.00000200. The molecule has 2 heterocycles. The zero-order chi connectivity index (χ0) is 14.0. The average Bonchev–Trinajstić information content (AvgIpc) is 2.70. The second-order valence-corrected chi connectivity index (χ2v) is 8.65. The Labute approximate surface area is 132 Å². The molecule has 1 aromatic heterocycles. The summed E-state index contributed by atoms with van der Waals surface area (Å²) in [6, 6.07) is 1.95. The van der Waals surface area contributed by atoms with Gasteiger partial charge < -0.3 is 5.32 Å². The Morgan fingerprint density at radius 1 is 1.45 bits per heavy atom. The number of hydrogen-bond donors (Lipinski definition) is 1. The van der Waals surface area contributed by atoms with Crippen molar-refractivity contribution in [1.82, 2.24) is 9.62 Å². The summed E-state index contributed by atoms with van der Waals surface area (Å²) in [5.41, 5.74) is 0.873. The van der Waals surface area contributed by atoms with E-state index in [1.165, 1.54) is 11.3 Å². The fourth-order valence-corrected chi connectivity index (χ4v) is 6.05. The summed E-state index contributed by atoms with van der Waals surface area (Å²) in [4.78, 5) is 1.06. The highest BCUT2D eigenvalue weighted by atomic mass is 35.5. The van der Waals surface area contributed by atoms with Crippen LogP contribution in [-0.2, 0) is 10.0 Å². The number of hydrogen-bond acceptors (Lipinski definition) is 4. The molecule has 0 radical (unpaired) electrons. The topological polar surface area (TPSA) is 49.4 Å². The number of nitrogens with one attached hydrogen (secondary N) is 1. The van der Waals surface area contributed by atoms with Crippen molar-refractivity contribution in [2.45, 2.75) is 30.9 Å². The van der Waals surface area contributed by atoms with Gasteiger partial charge in [-0.15, -0.1) is 23.7 Å². The fourth-order valence-electron chi connectivity index (χ4n) is 2.69. The van der Waals surface area contributed by atoms with Gasteiger partial charge in [0.05, 0.1) is 0 Å². The van der Waals surface area contributed by atoms with E-state index < -0.39 is 10.0 Å². The van der Waals surface area contributed by atoms with E-state index in [1.54, 1.807) is 4.31 Å². The largest absolute Gasteiger partial charge is 0.319 e. The number of nitrogens with zero attached hydrogens (tertiary/aromatic N) is 1. The maximum Gasteiger partial charge on any atom is 0.252 e. The summed E-state index contributed by atoms with van der Waals surface area (Å²) in [6.45, 7) is 6.01. The lowest BCUT2D eigenvalue weighted by molar-refractivity contribution is 0.264. The molecule has 1 fully saturated rings. The first-order chi connectivity index (χ1) is 8.95. The molecule has 0 aromatic carbocycles. The third-order valence-electron chi connectivity index (χ3n) is 3.54. The molecule has 1 N–H and O–H groups in total. The molecule has 0 saturated carbocycles. The quantitative estimate of drug-likeness (QED) is 0.917. The van der Waals surface area contributed by atoms with E-state index in [0.29, 0.717) is 23.2 Å². The highest BCUT2D eigenvalue weighted by molar-refractivity contribution is 7.91. The number of rotatable bonds is 4. The van der Waals surface area contributed by atoms with E-state index in [1.807, 2.05) is 27.0 Å². The predicted molar refractivity (Wildman–Crippen MR) is 86.5 cm³/mol. The summed E-state index contributed by atoms with van der Waals surface area (Å²) in [5, 5.41) is 3.15. The van der Waals surface area contributed by atoms with Gasteiger partial charge in [0.25, 0.3) is 10.0 Å². The van der Waals surface area contributed by atoms with Gasteiger partial charge in [-0.1, -0.05) is 0 Å². The van der Waals surface area contributed by atoms with E-state index in [2.05, 4.69) is 5.32 Å². The summed E-state index contributed by atoms with van der Waals surface area (Å²) in [6.07, 6.45) is 2.06. The molecule has 1 aromatic rings. The molecule has 0 amide bonds. The van der Waals surface area contributed by atoms with E-state index >= 15 is 0 Å². The van der Waals surface area contributed by atoms with Gasteiger partial charge in [-0.25, -0.2) is 8.42 Å². The first-order valence-electron chi connectivity index (χ1n) is 6.67. The van der Waals surface area contributed by atoms with Gasteiger partial charge in [-0.05, 0) is 57.8 Å². The number of aryl methyl sites for hydroxylation is 2. The molecule has 0 aliphatic carbocycles. The lowest BCUT2D eigenvalue weighted by Gasteiger charge is -2.31. The molecule has 1 aliphatic rings. The second kappa shape index (κ2) is 7.22. The van der Waals surface area contributed by atoms with Crippen LogP contribution in [0, 0.1) is 19.8 Å². The van der Waals surface area contributed by atoms with Crippen LogP contribution in [-0.4, -0.2) is 39.4 Å². The van der Waals surface area contributed by atoms with E-state index in [-0.39, 0.29) is 12.4 Å². The van der Waals surface area contributed by atoms with Crippen LogP contribution in [0.1, 0.15) is 23.3 Å². The lowest BCUT2D eigenvalue weighted by Crippen LogP contribution is -2.42. The SMILES string of the molecule is CNCC1CCCN(S(=O)(=O)c2sc(C)cc2C)C1.Cl. The Bertz CT molecular complexity index is 541. The Morgan fingerprint density at radius 3 is 2.70 bits per heavy atom. The Morgan fingerprint density at radius 2 is 2.15 bits per heavy atom. The van der Waals surface area contributed by atoms with Gasteiger partial charge in [-0.2, -0.15) is 4.31 Å². The summed E-state index contributed by atoms with van der Waals surface area (Å²) in [7, 11) is -1.38. The molecule has 4 nitrogen and oxygen atoms in total. The van der Waals surface area contributed by atoms with Crippen molar-refractivity contribution in [1.29, 1.82) is 0 Å². The van der Waals surface area contributed by atoms with Crippen molar-refractivity contribution < 1.29 is 8.42 Å². The normalized spacial score (nSPS) is 20.6. The number of sulfonamides is 1. The van der Waals surface area contributed by atoms with Gasteiger partial charge in [0, 0.05) is 18.0 Å². The monoisotopic (exact) mass is 338 g/mol. The maximum absolute atomic E-state index is 12.7. The highest BCUT2D eigenvalue weighted by Gasteiger charge is 2.32. The highest BCUT2D eigenvalue weighted by Crippen LogP contribution is 2.31. The first kappa shape index (κ1) is 17.9. The molecular weight excluding hydrogens is 316 g/mol. The second-order valence-electron chi connectivity index (χ2n) is 5.26. The molecule has 0 spiro atoms. The van der Waals surface area contributed by atoms with Crippen molar-refractivity contribution in [2.24, 2.45) is 5.92 Å². The van der Waals surface area contributed by atoms with Crippen molar-refractivity contribution in [3.63, 3.8) is 0 Å². The summed E-state index contributed by atoms with van der Waals surface area (Å²) < 4.78 is 27.6. The minimum atomic E-state index is -3.30. The van der Waals surface area contributed by atoms with Crippen LogP contribution < -0.4 is 5.32 Å². The smallest absolute Gasteiger partial charge is 0.252 e. The molecule has 1 atom stereocenters. The van der Waals surface area contributed by atoms with Crippen molar-refractivity contribution >= 4 is 33.8 Å². The van der Waals surface area contributed by atoms with Gasteiger partial charge in [0.1, 0.15) is 4.21 Å². The maximum atomic E-state index is 12.7. The zero-order valence-corrected chi connectivity index (χ0v) is 14.6. The molecule has 116 valence electrons. The minimum absolute atomic E-state index is 0. The summed E-state index contributed by atoms with van der Waals surface area (Å²) >= 11 is 1.38. The minimum Gasteiger partial charge on any atom is -0.319 e. The summed E-state index contributed by atoms with van der Waals surface area (Å²) in [5.74, 6) is 0.426. The van der Waals surface area contributed by atoms with Crippen LogP contribution in [0.5, 0.6) is 0 Å². The number of piperidine rings is 1. The third kappa shape index (κ3) is 3.74.